The van der Waals surface area contributed by atoms with Gasteiger partial charge in [-0.1, -0.05) is 60.7 Å². The van der Waals surface area contributed by atoms with Gasteiger partial charge in [0.2, 0.25) is 5.69 Å². The van der Waals surface area contributed by atoms with Crippen molar-refractivity contribution < 1.29 is 9.31 Å². The molecule has 3 aromatic rings. The normalized spacial score (nSPS) is 16.7. The maximum atomic E-state index is 6.44. The van der Waals surface area contributed by atoms with Crippen LogP contribution in [0.1, 0.15) is 22.8 Å². The van der Waals surface area contributed by atoms with Crippen molar-refractivity contribution >= 4 is 11.6 Å². The van der Waals surface area contributed by atoms with Crippen LogP contribution in [0.15, 0.2) is 84.9 Å². The summed E-state index contributed by atoms with van der Waals surface area (Å²) in [6.07, 6.45) is -0.0844. The van der Waals surface area contributed by atoms with E-state index in [2.05, 4.69) is 72.3 Å². The Kier molecular flexibility index (Phi) is 3.43. The zero-order valence-corrected chi connectivity index (χ0v) is 13.0. The number of benzene rings is 3. The summed E-state index contributed by atoms with van der Waals surface area (Å²) in [5, 5.41) is 0. The predicted octanol–water partition coefficient (Wildman–Crippen LogP) is 4.53. The third kappa shape index (κ3) is 2.42. The molecule has 3 aromatic carbocycles. The lowest BCUT2D eigenvalue weighted by Gasteiger charge is -2.25. The van der Waals surface area contributed by atoms with Crippen LogP contribution < -0.4 is 0 Å². The van der Waals surface area contributed by atoms with Gasteiger partial charge in [-0.3, -0.25) is 0 Å². The predicted molar refractivity (Wildman–Crippen MR) is 92.2 cm³/mol. The van der Waals surface area contributed by atoms with Crippen molar-refractivity contribution in [3.05, 3.63) is 102 Å². The van der Waals surface area contributed by atoms with E-state index in [0.29, 0.717) is 0 Å². The van der Waals surface area contributed by atoms with Crippen molar-refractivity contribution in [1.29, 1.82) is 0 Å². The van der Waals surface area contributed by atoms with Gasteiger partial charge in [0.15, 0.2) is 6.10 Å². The van der Waals surface area contributed by atoms with Crippen LogP contribution in [0.25, 0.3) is 0 Å². The Balaban J connectivity index is 1.90. The Hall–Kier alpha value is -2.87. The van der Waals surface area contributed by atoms with Gasteiger partial charge in [-0.05, 0) is 23.8 Å². The van der Waals surface area contributed by atoms with Crippen LogP contribution in [0.3, 0.4) is 0 Å². The van der Waals surface area contributed by atoms with Crippen LogP contribution in [0, 0.1) is 0 Å². The van der Waals surface area contributed by atoms with Gasteiger partial charge in [-0.2, -0.15) is 4.58 Å². The molecular weight excluding hydrogens is 282 g/mol. The number of hydrogen-bond acceptors (Lipinski definition) is 1. The van der Waals surface area contributed by atoms with Crippen molar-refractivity contribution in [2.24, 2.45) is 0 Å². The van der Waals surface area contributed by atoms with Gasteiger partial charge in [-0.15, -0.1) is 0 Å². The van der Waals surface area contributed by atoms with E-state index in [9.17, 15) is 0 Å². The highest BCUT2D eigenvalue weighted by atomic mass is 16.5. The molecule has 2 heteroatoms. The highest BCUT2D eigenvalue weighted by Gasteiger charge is 2.34. The average molecular weight is 300 g/mol. The summed E-state index contributed by atoms with van der Waals surface area (Å²) in [5.74, 6) is 0.887. The lowest BCUT2D eigenvalue weighted by atomic mass is 9.98. The van der Waals surface area contributed by atoms with Crippen LogP contribution in [0.5, 0.6) is 0 Å². The second-order valence-corrected chi connectivity index (χ2v) is 5.70. The minimum atomic E-state index is -0.0844. The molecule has 1 heterocycles. The average Bonchev–Trinajstić information content (AvgIpc) is 2.64. The molecule has 1 atom stereocenters. The Morgan fingerprint density at radius 1 is 0.739 bits per heavy atom. The van der Waals surface area contributed by atoms with Gasteiger partial charge in [0.05, 0.1) is 11.1 Å². The van der Waals surface area contributed by atoms with Crippen molar-refractivity contribution in [2.45, 2.75) is 6.10 Å². The summed E-state index contributed by atoms with van der Waals surface area (Å²) in [5.41, 5.74) is 4.64. The lowest BCUT2D eigenvalue weighted by molar-refractivity contribution is -0.422. The summed E-state index contributed by atoms with van der Waals surface area (Å²) in [6.45, 7) is 0. The van der Waals surface area contributed by atoms with E-state index in [1.54, 1.807) is 0 Å². The zero-order chi connectivity index (χ0) is 15.6. The molecule has 0 saturated carbocycles. The van der Waals surface area contributed by atoms with Crippen LogP contribution in [-0.2, 0) is 4.74 Å². The molecule has 1 aliphatic rings. The quantitative estimate of drug-likeness (QED) is 0.633. The highest BCUT2D eigenvalue weighted by Crippen LogP contribution is 2.37. The highest BCUT2D eigenvalue weighted by molar-refractivity contribution is 5.92. The van der Waals surface area contributed by atoms with E-state index < -0.39 is 0 Å². The maximum absolute atomic E-state index is 6.44. The first-order valence-electron chi connectivity index (χ1n) is 7.81. The minimum absolute atomic E-state index is 0.0844. The van der Waals surface area contributed by atoms with E-state index in [-0.39, 0.29) is 6.10 Å². The van der Waals surface area contributed by atoms with E-state index in [1.165, 1.54) is 16.8 Å². The first-order chi connectivity index (χ1) is 11.3. The van der Waals surface area contributed by atoms with Crippen LogP contribution in [-0.4, -0.2) is 17.5 Å². The molecule has 1 unspecified atom stereocenters. The number of nitrogens with zero attached hydrogens (tertiary/aromatic N) is 1. The second kappa shape index (κ2) is 5.73. The Morgan fingerprint density at radius 2 is 1.35 bits per heavy atom. The molecule has 0 saturated heterocycles. The zero-order valence-electron chi connectivity index (χ0n) is 13.0. The fraction of sp³-hybridized carbons (Fsp3) is 0.0952. The largest absolute Gasteiger partial charge is 0.431 e. The molecule has 2 nitrogen and oxygen atoms in total. The lowest BCUT2D eigenvalue weighted by Crippen LogP contribution is -2.27. The van der Waals surface area contributed by atoms with E-state index in [1.807, 2.05) is 24.3 Å². The third-order valence-electron chi connectivity index (χ3n) is 4.24. The number of ether oxygens (including phenoxy) is 1. The Labute approximate surface area is 136 Å². The topological polar surface area (TPSA) is 12.2 Å². The van der Waals surface area contributed by atoms with Gasteiger partial charge >= 0.3 is 5.90 Å². The molecule has 4 rings (SSSR count). The van der Waals surface area contributed by atoms with Crippen molar-refractivity contribution in [2.75, 3.05) is 7.05 Å². The molecule has 0 amide bonds. The van der Waals surface area contributed by atoms with Gasteiger partial charge in [-0.25, -0.2) is 0 Å². The molecule has 0 aromatic heterocycles. The molecular formula is C21H18NO+. The van der Waals surface area contributed by atoms with Gasteiger partial charge in [0.1, 0.15) is 7.05 Å². The molecule has 0 fully saturated rings. The summed E-state index contributed by atoms with van der Waals surface area (Å²) in [7, 11) is 2.06. The monoisotopic (exact) mass is 300 g/mol. The first-order valence-corrected chi connectivity index (χ1v) is 7.81. The molecule has 0 bridgehead atoms. The molecule has 0 radical (unpaired) electrons. The molecule has 23 heavy (non-hydrogen) atoms. The fourth-order valence-corrected chi connectivity index (χ4v) is 3.10. The van der Waals surface area contributed by atoms with Crippen molar-refractivity contribution in [3.63, 3.8) is 0 Å². The number of hydrogen-bond donors (Lipinski definition) is 0. The minimum Gasteiger partial charge on any atom is -0.431 e. The molecule has 0 N–H and O–H groups in total. The number of fused-ring (bicyclic) bond motifs is 1. The summed E-state index contributed by atoms with van der Waals surface area (Å²) in [4.78, 5) is 0. The van der Waals surface area contributed by atoms with Gasteiger partial charge in [0, 0.05) is 6.07 Å². The van der Waals surface area contributed by atoms with Crippen LogP contribution >= 0.6 is 0 Å². The van der Waals surface area contributed by atoms with E-state index in [0.717, 1.165) is 11.5 Å². The van der Waals surface area contributed by atoms with E-state index >= 15 is 0 Å². The van der Waals surface area contributed by atoms with Gasteiger partial charge in [0.25, 0.3) is 0 Å². The molecule has 1 aliphatic heterocycles. The molecule has 0 aliphatic carbocycles. The smallest absolute Gasteiger partial charge is 0.376 e. The summed E-state index contributed by atoms with van der Waals surface area (Å²) >= 11 is 0. The van der Waals surface area contributed by atoms with Crippen LogP contribution in [0.4, 0.5) is 5.69 Å². The van der Waals surface area contributed by atoms with Crippen LogP contribution in [0.2, 0.25) is 0 Å². The third-order valence-corrected chi connectivity index (χ3v) is 4.24. The second-order valence-electron chi connectivity index (χ2n) is 5.70. The molecule has 112 valence electrons. The van der Waals surface area contributed by atoms with Crippen molar-refractivity contribution in [3.8, 4) is 0 Å². The Bertz CT molecular complexity index is 853. The SMILES string of the molecule is C[N+]1=C(c2ccccc2)OC(c2ccccc2)c2ccccc21. The number of para-hydroxylation sites is 1. The summed E-state index contributed by atoms with van der Waals surface area (Å²) < 4.78 is 8.57. The number of rotatable bonds is 2. The van der Waals surface area contributed by atoms with Crippen molar-refractivity contribution in [1.82, 2.24) is 0 Å². The van der Waals surface area contributed by atoms with E-state index in [4.69, 9.17) is 4.74 Å². The first kappa shape index (κ1) is 13.8. The standard InChI is InChI=1S/C21H18NO/c1-22-19-15-9-8-14-18(19)20(16-10-4-2-5-11-16)23-21(22)17-12-6-3-7-13-17/h2-15,20H,1H3/q+1. The Morgan fingerprint density at radius 3 is 2.09 bits per heavy atom. The summed E-state index contributed by atoms with van der Waals surface area (Å²) in [6, 6.07) is 29.1. The maximum Gasteiger partial charge on any atom is 0.376 e. The fourth-order valence-electron chi connectivity index (χ4n) is 3.10. The van der Waals surface area contributed by atoms with Gasteiger partial charge < -0.3 is 4.74 Å². The molecule has 0 spiro atoms.